The molecular weight excluding hydrogens is 372 g/mol. The molecule has 3 aliphatic rings. The number of halogens is 1. The fourth-order valence-corrected chi connectivity index (χ4v) is 5.35. The summed E-state index contributed by atoms with van der Waals surface area (Å²) in [5.41, 5.74) is 2.29. The minimum absolute atomic E-state index is 0.668. The lowest BCUT2D eigenvalue weighted by Crippen LogP contribution is -2.40. The van der Waals surface area contributed by atoms with E-state index in [1.54, 1.807) is 0 Å². The van der Waals surface area contributed by atoms with Crippen molar-refractivity contribution in [2.24, 2.45) is 0 Å². The maximum atomic E-state index is 12.4. The molecule has 1 aromatic rings. The first-order valence-corrected chi connectivity index (χ1v) is 9.81. The van der Waals surface area contributed by atoms with E-state index in [1.807, 2.05) is 0 Å². The van der Waals surface area contributed by atoms with Gasteiger partial charge in [-0.25, -0.2) is 0 Å². The molecule has 5 heteroatoms. The number of carboxylic acid groups (broad SMARTS) is 1. The summed E-state index contributed by atoms with van der Waals surface area (Å²) in [6.07, 6.45) is 8.13. The van der Waals surface area contributed by atoms with E-state index in [0.29, 0.717) is 26.1 Å². The number of ether oxygens (including phenoxy) is 2. The molecule has 0 amide bonds. The second kappa shape index (κ2) is 6.25. The van der Waals surface area contributed by atoms with Gasteiger partial charge in [0.05, 0.1) is 23.1 Å². The summed E-state index contributed by atoms with van der Waals surface area (Å²) in [5.74, 6) is 1.00. The van der Waals surface area contributed by atoms with Crippen molar-refractivity contribution in [2.45, 2.75) is 63.2 Å². The van der Waals surface area contributed by atoms with Gasteiger partial charge in [0.15, 0.2) is 0 Å². The molecule has 1 N–H and O–H groups in total. The van der Waals surface area contributed by atoms with Crippen LogP contribution in [0.2, 0.25) is 0 Å². The van der Waals surface area contributed by atoms with Gasteiger partial charge in [0.25, 0.3) is 0 Å². The zero-order chi connectivity index (χ0) is 16.7. The van der Waals surface area contributed by atoms with Gasteiger partial charge in [-0.2, -0.15) is 0 Å². The Kier molecular flexibility index (Phi) is 4.23. The lowest BCUT2D eigenvalue weighted by molar-refractivity contribution is -0.145. The Morgan fingerprint density at radius 3 is 2.21 bits per heavy atom. The second-order valence-electron chi connectivity index (χ2n) is 7.16. The number of fused-ring (bicyclic) bond motifs is 2. The quantitative estimate of drug-likeness (QED) is 0.807. The summed E-state index contributed by atoms with van der Waals surface area (Å²) in [7, 11) is 0. The van der Waals surface area contributed by atoms with Crippen LogP contribution in [0.25, 0.3) is 0 Å². The first kappa shape index (κ1) is 16.2. The van der Waals surface area contributed by atoms with Crippen LogP contribution in [0.3, 0.4) is 0 Å². The van der Waals surface area contributed by atoms with Crippen LogP contribution in [0.5, 0.6) is 11.5 Å². The molecule has 0 saturated heterocycles. The highest BCUT2D eigenvalue weighted by atomic mass is 79.9. The zero-order valence-corrected chi connectivity index (χ0v) is 15.4. The topological polar surface area (TPSA) is 55.8 Å². The average molecular weight is 395 g/mol. The Morgan fingerprint density at radius 1 is 0.917 bits per heavy atom. The molecule has 1 fully saturated rings. The molecule has 0 spiro atoms. The predicted octanol–water partition coefficient (Wildman–Crippen LogP) is 4.39. The van der Waals surface area contributed by atoms with Crippen LogP contribution in [-0.4, -0.2) is 24.3 Å². The third-order valence-electron chi connectivity index (χ3n) is 5.77. The number of hydrogen-bond acceptors (Lipinski definition) is 3. The molecule has 2 aliphatic heterocycles. The summed E-state index contributed by atoms with van der Waals surface area (Å²) in [6.45, 7) is 1.37. The number of carbonyl (C=O) groups is 1. The van der Waals surface area contributed by atoms with Crippen molar-refractivity contribution in [2.75, 3.05) is 13.2 Å². The monoisotopic (exact) mass is 394 g/mol. The van der Waals surface area contributed by atoms with Crippen molar-refractivity contribution >= 4 is 21.9 Å². The van der Waals surface area contributed by atoms with Crippen molar-refractivity contribution in [3.63, 3.8) is 0 Å². The van der Waals surface area contributed by atoms with E-state index in [2.05, 4.69) is 15.9 Å². The molecule has 0 atom stereocenters. The number of aliphatic carboxylic acids is 1. The fourth-order valence-electron chi connectivity index (χ4n) is 4.62. The molecule has 0 aromatic heterocycles. The van der Waals surface area contributed by atoms with Gasteiger partial charge in [-0.3, -0.25) is 4.79 Å². The largest absolute Gasteiger partial charge is 0.493 e. The molecule has 24 heavy (non-hydrogen) atoms. The summed E-state index contributed by atoms with van der Waals surface area (Å²) in [6, 6.07) is 0. The van der Waals surface area contributed by atoms with Crippen molar-refractivity contribution in [3.8, 4) is 11.5 Å². The summed E-state index contributed by atoms with van der Waals surface area (Å²) in [5, 5.41) is 10.2. The van der Waals surface area contributed by atoms with E-state index in [4.69, 9.17) is 9.47 Å². The summed E-state index contributed by atoms with van der Waals surface area (Å²) >= 11 is 3.71. The zero-order valence-electron chi connectivity index (χ0n) is 13.8. The molecule has 1 aromatic carbocycles. The first-order chi connectivity index (χ1) is 11.6. The van der Waals surface area contributed by atoms with E-state index in [9.17, 15) is 9.90 Å². The third kappa shape index (κ3) is 2.35. The smallest absolute Gasteiger partial charge is 0.314 e. The second-order valence-corrected chi connectivity index (χ2v) is 7.95. The van der Waals surface area contributed by atoms with Crippen LogP contribution in [0.4, 0.5) is 0 Å². The normalized spacial score (nSPS) is 21.9. The standard InChI is InChI=1S/C19H23BrO4/c20-15-13-7-5-10-23-16(13)14(12-6-4-11-24-17(12)15)19(18(21)22)8-2-1-3-9-19/h1-11H2,(H,21,22). The lowest BCUT2D eigenvalue weighted by Gasteiger charge is -2.39. The molecule has 0 unspecified atom stereocenters. The molecule has 0 radical (unpaired) electrons. The van der Waals surface area contributed by atoms with Gasteiger partial charge in [0, 0.05) is 16.7 Å². The van der Waals surface area contributed by atoms with Gasteiger partial charge in [0.1, 0.15) is 11.5 Å². The highest BCUT2D eigenvalue weighted by Crippen LogP contribution is 2.53. The van der Waals surface area contributed by atoms with Crippen molar-refractivity contribution in [1.82, 2.24) is 0 Å². The third-order valence-corrected chi connectivity index (χ3v) is 6.61. The Hall–Kier alpha value is -1.23. The maximum Gasteiger partial charge on any atom is 0.314 e. The van der Waals surface area contributed by atoms with Crippen LogP contribution < -0.4 is 9.47 Å². The molecule has 4 nitrogen and oxygen atoms in total. The Labute approximate surface area is 150 Å². The number of rotatable bonds is 2. The number of hydrogen-bond donors (Lipinski definition) is 1. The molecule has 1 aliphatic carbocycles. The van der Waals surface area contributed by atoms with Crippen LogP contribution in [0.1, 0.15) is 61.6 Å². The van der Waals surface area contributed by atoms with Gasteiger partial charge in [-0.05, 0) is 54.5 Å². The maximum absolute atomic E-state index is 12.4. The van der Waals surface area contributed by atoms with Crippen molar-refractivity contribution < 1.29 is 19.4 Å². The van der Waals surface area contributed by atoms with Gasteiger partial charge in [-0.1, -0.05) is 19.3 Å². The number of carboxylic acids is 1. The minimum Gasteiger partial charge on any atom is -0.493 e. The summed E-state index contributed by atoms with van der Waals surface area (Å²) < 4.78 is 13.0. The van der Waals surface area contributed by atoms with E-state index in [-0.39, 0.29) is 0 Å². The highest BCUT2D eigenvalue weighted by molar-refractivity contribution is 9.10. The lowest BCUT2D eigenvalue weighted by atomic mass is 9.66. The van der Waals surface area contributed by atoms with Crippen LogP contribution in [0, 0.1) is 0 Å². The average Bonchev–Trinajstić information content (AvgIpc) is 2.63. The molecule has 4 rings (SSSR count). The van der Waals surface area contributed by atoms with E-state index >= 15 is 0 Å². The molecule has 1 saturated carbocycles. The Morgan fingerprint density at radius 2 is 1.54 bits per heavy atom. The summed E-state index contributed by atoms with van der Waals surface area (Å²) in [4.78, 5) is 12.4. The molecule has 2 heterocycles. The van der Waals surface area contributed by atoms with Gasteiger partial charge < -0.3 is 14.6 Å². The SMILES string of the molecule is O=C(O)C1(c2c3c(c(Br)c4c2OCCC4)OCCC3)CCCCC1. The first-order valence-electron chi connectivity index (χ1n) is 9.02. The van der Waals surface area contributed by atoms with Crippen molar-refractivity contribution in [1.29, 1.82) is 0 Å². The fraction of sp³-hybridized carbons (Fsp3) is 0.632. The van der Waals surface area contributed by atoms with E-state index in [0.717, 1.165) is 77.6 Å². The minimum atomic E-state index is -0.814. The van der Waals surface area contributed by atoms with Crippen LogP contribution in [-0.2, 0) is 23.1 Å². The molecule has 130 valence electrons. The Balaban J connectivity index is 2.01. The van der Waals surface area contributed by atoms with E-state index in [1.165, 1.54) is 0 Å². The van der Waals surface area contributed by atoms with Crippen LogP contribution >= 0.6 is 15.9 Å². The molecule has 0 bridgehead atoms. The Bertz CT molecular complexity index is 639. The van der Waals surface area contributed by atoms with Gasteiger partial charge in [-0.15, -0.1) is 0 Å². The van der Waals surface area contributed by atoms with Gasteiger partial charge >= 0.3 is 5.97 Å². The van der Waals surface area contributed by atoms with Crippen LogP contribution in [0.15, 0.2) is 4.47 Å². The predicted molar refractivity (Wildman–Crippen MR) is 94.2 cm³/mol. The highest BCUT2D eigenvalue weighted by Gasteiger charge is 2.47. The number of benzene rings is 1. The van der Waals surface area contributed by atoms with E-state index < -0.39 is 11.4 Å². The van der Waals surface area contributed by atoms with Crippen molar-refractivity contribution in [3.05, 3.63) is 21.2 Å². The molecular formula is C19H23BrO4. The van der Waals surface area contributed by atoms with Gasteiger partial charge in [0.2, 0.25) is 0 Å².